The van der Waals surface area contributed by atoms with E-state index in [4.69, 9.17) is 0 Å². The minimum absolute atomic E-state index is 0.0956. The van der Waals surface area contributed by atoms with E-state index in [0.717, 1.165) is 37.7 Å². The number of benzene rings is 2. The van der Waals surface area contributed by atoms with Crippen molar-refractivity contribution in [2.75, 3.05) is 10.6 Å². The molecule has 0 saturated heterocycles. The molecule has 7 heteroatoms. The number of amides is 1. The number of carbonyl (C=O) groups is 1. The Bertz CT molecular complexity index is 1120. The fourth-order valence-electron chi connectivity index (χ4n) is 2.85. The Hall–Kier alpha value is -3.32. The lowest BCUT2D eigenvalue weighted by atomic mass is 10.1. The molecule has 2 heterocycles. The van der Waals surface area contributed by atoms with Crippen LogP contribution in [0.5, 0.6) is 0 Å². The number of fused-ring (bicyclic) bond motifs is 1. The van der Waals surface area contributed by atoms with E-state index in [1.165, 1.54) is 25.4 Å². The van der Waals surface area contributed by atoms with Crippen LogP contribution in [-0.4, -0.2) is 15.9 Å². The SMILES string of the molecule is CC(=O)Nc1ccc(-c2cc3c(NCc4ccc(F)cc4)ncnc3s2)cc1. The first-order valence-corrected chi connectivity index (χ1v) is 9.51. The van der Waals surface area contributed by atoms with E-state index in [-0.39, 0.29) is 11.7 Å². The molecular weight excluding hydrogens is 375 g/mol. The van der Waals surface area contributed by atoms with Gasteiger partial charge in [0.15, 0.2) is 0 Å². The molecule has 0 spiro atoms. The fourth-order valence-corrected chi connectivity index (χ4v) is 3.85. The van der Waals surface area contributed by atoms with Crippen LogP contribution in [0.3, 0.4) is 0 Å². The van der Waals surface area contributed by atoms with Crippen molar-refractivity contribution in [2.45, 2.75) is 13.5 Å². The van der Waals surface area contributed by atoms with Crippen molar-refractivity contribution in [2.24, 2.45) is 0 Å². The third kappa shape index (κ3) is 3.99. The molecule has 0 radical (unpaired) electrons. The Morgan fingerprint density at radius 2 is 1.82 bits per heavy atom. The quantitative estimate of drug-likeness (QED) is 0.498. The van der Waals surface area contributed by atoms with E-state index in [0.29, 0.717) is 6.54 Å². The third-order valence-corrected chi connectivity index (χ3v) is 5.28. The summed E-state index contributed by atoms with van der Waals surface area (Å²) >= 11 is 1.58. The van der Waals surface area contributed by atoms with E-state index < -0.39 is 0 Å². The van der Waals surface area contributed by atoms with Crippen LogP contribution in [0.25, 0.3) is 20.7 Å². The van der Waals surface area contributed by atoms with Gasteiger partial charge in [-0.15, -0.1) is 11.3 Å². The molecule has 0 fully saturated rings. The van der Waals surface area contributed by atoms with Gasteiger partial charge in [0.2, 0.25) is 5.91 Å². The first-order chi connectivity index (χ1) is 13.6. The van der Waals surface area contributed by atoms with Gasteiger partial charge in [0.1, 0.15) is 22.8 Å². The van der Waals surface area contributed by atoms with Gasteiger partial charge >= 0.3 is 0 Å². The van der Waals surface area contributed by atoms with E-state index in [1.807, 2.05) is 24.3 Å². The van der Waals surface area contributed by atoms with Gasteiger partial charge < -0.3 is 10.6 Å². The molecule has 2 N–H and O–H groups in total. The predicted molar refractivity (Wildman–Crippen MR) is 111 cm³/mol. The van der Waals surface area contributed by atoms with Gasteiger partial charge in [-0.25, -0.2) is 14.4 Å². The number of nitrogens with zero attached hydrogens (tertiary/aromatic N) is 2. The highest BCUT2D eigenvalue weighted by Crippen LogP contribution is 2.35. The number of anilines is 2. The maximum atomic E-state index is 13.0. The molecule has 1 amide bonds. The van der Waals surface area contributed by atoms with Gasteiger partial charge in [-0.1, -0.05) is 24.3 Å². The average molecular weight is 392 g/mol. The highest BCUT2D eigenvalue weighted by molar-refractivity contribution is 7.21. The summed E-state index contributed by atoms with van der Waals surface area (Å²) in [7, 11) is 0. The molecule has 0 atom stereocenters. The van der Waals surface area contributed by atoms with Crippen molar-refractivity contribution in [3.63, 3.8) is 0 Å². The predicted octanol–water partition coefficient (Wildman–Crippen LogP) is 5.07. The largest absolute Gasteiger partial charge is 0.365 e. The molecule has 0 aliphatic heterocycles. The second kappa shape index (κ2) is 7.74. The zero-order chi connectivity index (χ0) is 19.5. The minimum Gasteiger partial charge on any atom is -0.365 e. The second-order valence-electron chi connectivity index (χ2n) is 6.29. The Labute approximate surface area is 165 Å². The molecule has 0 bridgehead atoms. The molecule has 2 aromatic carbocycles. The number of carbonyl (C=O) groups excluding carboxylic acids is 1. The number of aromatic nitrogens is 2. The van der Waals surface area contributed by atoms with Gasteiger partial charge in [0.25, 0.3) is 0 Å². The molecule has 0 unspecified atom stereocenters. The Morgan fingerprint density at radius 3 is 2.54 bits per heavy atom. The number of thiophene rings is 1. The van der Waals surface area contributed by atoms with Crippen molar-refractivity contribution in [1.82, 2.24) is 9.97 Å². The third-order valence-electron chi connectivity index (χ3n) is 4.19. The average Bonchev–Trinajstić information content (AvgIpc) is 3.12. The van der Waals surface area contributed by atoms with Crippen LogP contribution in [0.2, 0.25) is 0 Å². The molecule has 140 valence electrons. The summed E-state index contributed by atoms with van der Waals surface area (Å²) in [6.45, 7) is 2.03. The van der Waals surface area contributed by atoms with Crippen LogP contribution < -0.4 is 10.6 Å². The van der Waals surface area contributed by atoms with Crippen molar-refractivity contribution in [1.29, 1.82) is 0 Å². The standard InChI is InChI=1S/C21H17FN4OS/c1-13(27)26-17-8-4-15(5-9-17)19-10-18-20(24-12-25-21(18)28-19)23-11-14-2-6-16(22)7-3-14/h2-10,12H,11H2,1H3,(H,26,27)(H,23,24,25). The number of nitrogens with one attached hydrogen (secondary N) is 2. The first kappa shape index (κ1) is 18.1. The van der Waals surface area contributed by atoms with Crippen molar-refractivity contribution >= 4 is 39.0 Å². The zero-order valence-corrected chi connectivity index (χ0v) is 15.9. The molecule has 5 nitrogen and oxygen atoms in total. The van der Waals surface area contributed by atoms with Crippen LogP contribution in [0.1, 0.15) is 12.5 Å². The van der Waals surface area contributed by atoms with Crippen LogP contribution in [0.15, 0.2) is 60.9 Å². The molecule has 0 aliphatic carbocycles. The maximum Gasteiger partial charge on any atom is 0.221 e. The Kier molecular flexibility index (Phi) is 4.99. The number of rotatable bonds is 5. The molecule has 28 heavy (non-hydrogen) atoms. The van der Waals surface area contributed by atoms with Crippen LogP contribution in [-0.2, 0) is 11.3 Å². The molecule has 4 aromatic rings. The van der Waals surface area contributed by atoms with Gasteiger partial charge in [-0.2, -0.15) is 0 Å². The Balaban J connectivity index is 1.58. The summed E-state index contributed by atoms with van der Waals surface area (Å²) in [4.78, 5) is 21.8. The van der Waals surface area contributed by atoms with E-state index in [9.17, 15) is 9.18 Å². The van der Waals surface area contributed by atoms with Crippen LogP contribution in [0.4, 0.5) is 15.9 Å². The fraction of sp³-hybridized carbons (Fsp3) is 0.0952. The van der Waals surface area contributed by atoms with Crippen LogP contribution in [0, 0.1) is 5.82 Å². The van der Waals surface area contributed by atoms with Crippen molar-refractivity contribution in [3.05, 3.63) is 72.3 Å². The van der Waals surface area contributed by atoms with E-state index in [1.54, 1.807) is 23.5 Å². The van der Waals surface area contributed by atoms with Crippen molar-refractivity contribution < 1.29 is 9.18 Å². The second-order valence-corrected chi connectivity index (χ2v) is 7.32. The molecular formula is C21H17FN4OS. The smallest absolute Gasteiger partial charge is 0.221 e. The molecule has 0 saturated carbocycles. The molecule has 4 rings (SSSR count). The maximum absolute atomic E-state index is 13.0. The highest BCUT2D eigenvalue weighted by Gasteiger charge is 2.10. The number of halogens is 1. The number of hydrogen-bond acceptors (Lipinski definition) is 5. The molecule has 2 aromatic heterocycles. The van der Waals surface area contributed by atoms with Gasteiger partial charge in [0.05, 0.1) is 5.39 Å². The minimum atomic E-state index is -0.250. The normalized spacial score (nSPS) is 10.8. The van der Waals surface area contributed by atoms with Gasteiger partial charge in [-0.05, 0) is 41.5 Å². The van der Waals surface area contributed by atoms with Crippen LogP contribution >= 0.6 is 11.3 Å². The van der Waals surface area contributed by atoms with Gasteiger partial charge in [0, 0.05) is 24.0 Å². The lowest BCUT2D eigenvalue weighted by Crippen LogP contribution is -2.05. The van der Waals surface area contributed by atoms with E-state index >= 15 is 0 Å². The topological polar surface area (TPSA) is 66.9 Å². The van der Waals surface area contributed by atoms with E-state index in [2.05, 4.69) is 26.7 Å². The lowest BCUT2D eigenvalue weighted by Gasteiger charge is -2.06. The monoisotopic (exact) mass is 392 g/mol. The molecule has 0 aliphatic rings. The lowest BCUT2D eigenvalue weighted by molar-refractivity contribution is -0.114. The summed E-state index contributed by atoms with van der Waals surface area (Å²) in [5.41, 5.74) is 2.78. The highest BCUT2D eigenvalue weighted by atomic mass is 32.1. The van der Waals surface area contributed by atoms with Crippen molar-refractivity contribution in [3.8, 4) is 10.4 Å². The summed E-state index contributed by atoms with van der Waals surface area (Å²) in [5.74, 6) is 0.397. The van der Waals surface area contributed by atoms with Gasteiger partial charge in [-0.3, -0.25) is 4.79 Å². The zero-order valence-electron chi connectivity index (χ0n) is 15.1. The Morgan fingerprint density at radius 1 is 1.07 bits per heavy atom. The summed E-state index contributed by atoms with van der Waals surface area (Å²) in [6, 6.07) is 16.1. The first-order valence-electron chi connectivity index (χ1n) is 8.69. The number of hydrogen-bond donors (Lipinski definition) is 2. The summed E-state index contributed by atoms with van der Waals surface area (Å²) in [6.07, 6.45) is 1.54. The summed E-state index contributed by atoms with van der Waals surface area (Å²) in [5, 5.41) is 7.01. The summed E-state index contributed by atoms with van der Waals surface area (Å²) < 4.78 is 13.0.